The first kappa shape index (κ1) is 31.9. The van der Waals surface area contributed by atoms with Gasteiger partial charge in [-0.05, 0) is 62.2 Å². The number of rotatable bonds is 13. The summed E-state index contributed by atoms with van der Waals surface area (Å²) in [6.45, 7) is 6.87. The number of carbonyl (C=O) groups excluding carboxylic acids is 2. The van der Waals surface area contributed by atoms with Gasteiger partial charge in [-0.15, -0.1) is 0 Å². The van der Waals surface area contributed by atoms with E-state index in [9.17, 15) is 22.4 Å². The SMILES string of the molecule is CCOc1ccccc1N(CC(=O)N(Cc1ccccc1F)[C@H](C)C(=O)NCC(C)C)S(=O)(=O)c1ccc(Cl)cc1. The number of para-hydroxylation sites is 2. The van der Waals surface area contributed by atoms with E-state index in [4.69, 9.17) is 16.3 Å². The average molecular weight is 604 g/mol. The standard InChI is InChI=1S/C30H35ClFN3O5S/c1-5-40-28-13-9-8-12-27(28)35(41(38,39)25-16-14-24(31)15-17-25)20-29(36)34(19-23-10-6-7-11-26(23)32)22(4)30(37)33-18-21(2)3/h6-17,21-22H,5,18-20H2,1-4H3,(H,33,37)/t22-/m1/s1. The summed E-state index contributed by atoms with van der Waals surface area (Å²) in [4.78, 5) is 28.1. The Bertz CT molecular complexity index is 1450. The highest BCUT2D eigenvalue weighted by Gasteiger charge is 2.34. The lowest BCUT2D eigenvalue weighted by atomic mass is 10.1. The summed E-state index contributed by atoms with van der Waals surface area (Å²) in [5, 5.41) is 3.14. The van der Waals surface area contributed by atoms with E-state index < -0.39 is 40.2 Å². The summed E-state index contributed by atoms with van der Waals surface area (Å²) in [5.41, 5.74) is 0.326. The third-order valence-corrected chi connectivity index (χ3v) is 8.29. The average Bonchev–Trinajstić information content (AvgIpc) is 2.94. The lowest BCUT2D eigenvalue weighted by Gasteiger charge is -2.32. The second kappa shape index (κ2) is 14.3. The zero-order valence-electron chi connectivity index (χ0n) is 23.5. The van der Waals surface area contributed by atoms with Crippen LogP contribution in [0.1, 0.15) is 33.3 Å². The molecular weight excluding hydrogens is 569 g/mol. The van der Waals surface area contributed by atoms with Crippen molar-refractivity contribution in [3.05, 3.63) is 89.2 Å². The van der Waals surface area contributed by atoms with Crippen LogP contribution in [0.3, 0.4) is 0 Å². The molecule has 0 aliphatic heterocycles. The molecule has 0 fully saturated rings. The number of nitrogens with zero attached hydrogens (tertiary/aromatic N) is 2. The molecule has 11 heteroatoms. The van der Waals surface area contributed by atoms with Gasteiger partial charge < -0.3 is 15.0 Å². The summed E-state index contributed by atoms with van der Waals surface area (Å²) >= 11 is 5.99. The van der Waals surface area contributed by atoms with Gasteiger partial charge in [0.1, 0.15) is 24.2 Å². The molecule has 2 amide bonds. The second-order valence-electron chi connectivity index (χ2n) is 9.79. The summed E-state index contributed by atoms with van der Waals surface area (Å²) in [6, 6.07) is 16.9. The first-order valence-corrected chi connectivity index (χ1v) is 15.1. The summed E-state index contributed by atoms with van der Waals surface area (Å²) in [6.07, 6.45) is 0. The lowest BCUT2D eigenvalue weighted by Crippen LogP contribution is -2.51. The number of benzene rings is 3. The minimum absolute atomic E-state index is 0.0932. The summed E-state index contributed by atoms with van der Waals surface area (Å²) in [7, 11) is -4.32. The predicted molar refractivity (Wildman–Crippen MR) is 158 cm³/mol. The van der Waals surface area contributed by atoms with Crippen LogP contribution in [0.4, 0.5) is 10.1 Å². The van der Waals surface area contributed by atoms with Gasteiger partial charge in [0, 0.05) is 23.7 Å². The van der Waals surface area contributed by atoms with Gasteiger partial charge in [-0.1, -0.05) is 55.8 Å². The molecule has 0 aliphatic carbocycles. The first-order valence-electron chi connectivity index (χ1n) is 13.3. The van der Waals surface area contributed by atoms with Gasteiger partial charge in [0.15, 0.2) is 0 Å². The van der Waals surface area contributed by atoms with Gasteiger partial charge in [-0.3, -0.25) is 13.9 Å². The van der Waals surface area contributed by atoms with Crippen molar-refractivity contribution in [2.75, 3.05) is 24.0 Å². The Labute approximate surface area is 246 Å². The molecule has 41 heavy (non-hydrogen) atoms. The molecule has 1 N–H and O–H groups in total. The van der Waals surface area contributed by atoms with Crippen LogP contribution in [0.25, 0.3) is 0 Å². The maximum absolute atomic E-state index is 14.7. The number of hydrogen-bond donors (Lipinski definition) is 1. The Hall–Kier alpha value is -3.63. The molecule has 3 rings (SSSR count). The van der Waals surface area contributed by atoms with Gasteiger partial charge in [-0.2, -0.15) is 0 Å². The number of nitrogens with one attached hydrogen (secondary N) is 1. The molecule has 3 aromatic carbocycles. The van der Waals surface area contributed by atoms with E-state index in [1.165, 1.54) is 60.4 Å². The normalized spacial score (nSPS) is 12.1. The predicted octanol–water partition coefficient (Wildman–Crippen LogP) is 5.26. The Kier molecular flexibility index (Phi) is 11.1. The highest BCUT2D eigenvalue weighted by Crippen LogP contribution is 2.33. The van der Waals surface area contributed by atoms with E-state index in [-0.39, 0.29) is 41.0 Å². The van der Waals surface area contributed by atoms with Crippen LogP contribution in [0, 0.1) is 11.7 Å². The minimum Gasteiger partial charge on any atom is -0.492 e. The summed E-state index contributed by atoms with van der Waals surface area (Å²) < 4.78 is 49.2. The van der Waals surface area contributed by atoms with Gasteiger partial charge in [0.05, 0.1) is 17.2 Å². The molecule has 3 aromatic rings. The van der Waals surface area contributed by atoms with Crippen LogP contribution in [0.15, 0.2) is 77.7 Å². The quantitative estimate of drug-likeness (QED) is 0.287. The van der Waals surface area contributed by atoms with Crippen molar-refractivity contribution < 1.29 is 27.1 Å². The molecule has 0 unspecified atom stereocenters. The van der Waals surface area contributed by atoms with Crippen LogP contribution >= 0.6 is 11.6 Å². The van der Waals surface area contributed by atoms with Gasteiger partial charge >= 0.3 is 0 Å². The van der Waals surface area contributed by atoms with Crippen molar-refractivity contribution in [1.82, 2.24) is 10.2 Å². The summed E-state index contributed by atoms with van der Waals surface area (Å²) in [5.74, 6) is -1.28. The van der Waals surface area contributed by atoms with Crippen LogP contribution in [-0.4, -0.2) is 50.9 Å². The number of anilines is 1. The second-order valence-corrected chi connectivity index (χ2v) is 12.1. The van der Waals surface area contributed by atoms with Crippen molar-refractivity contribution >= 4 is 39.1 Å². The Morgan fingerprint density at radius 3 is 2.24 bits per heavy atom. The third kappa shape index (κ3) is 8.20. The monoisotopic (exact) mass is 603 g/mol. The maximum Gasteiger partial charge on any atom is 0.264 e. The van der Waals surface area contributed by atoms with Crippen molar-refractivity contribution in [3.63, 3.8) is 0 Å². The Morgan fingerprint density at radius 1 is 0.976 bits per heavy atom. The van der Waals surface area contributed by atoms with E-state index in [0.717, 1.165) is 4.31 Å². The van der Waals surface area contributed by atoms with Gasteiger partial charge in [0.25, 0.3) is 10.0 Å². The van der Waals surface area contributed by atoms with E-state index in [1.54, 1.807) is 31.2 Å². The Balaban J connectivity index is 2.07. The topological polar surface area (TPSA) is 96.0 Å². The molecule has 8 nitrogen and oxygen atoms in total. The number of carbonyl (C=O) groups is 2. The van der Waals surface area contributed by atoms with Crippen LogP contribution in [0.2, 0.25) is 5.02 Å². The fraction of sp³-hybridized carbons (Fsp3) is 0.333. The zero-order chi connectivity index (χ0) is 30.2. The molecule has 0 heterocycles. The van der Waals surface area contributed by atoms with Crippen molar-refractivity contribution in [3.8, 4) is 5.75 Å². The first-order chi connectivity index (χ1) is 19.4. The van der Waals surface area contributed by atoms with E-state index in [2.05, 4.69) is 5.32 Å². The lowest BCUT2D eigenvalue weighted by molar-refractivity contribution is -0.139. The number of ether oxygens (including phenoxy) is 1. The number of halogens is 2. The molecule has 0 aliphatic rings. The highest BCUT2D eigenvalue weighted by molar-refractivity contribution is 7.92. The molecular formula is C30H35ClFN3O5S. The number of amides is 2. The molecule has 0 saturated heterocycles. The highest BCUT2D eigenvalue weighted by atomic mass is 35.5. The van der Waals surface area contributed by atoms with Crippen molar-refractivity contribution in [1.29, 1.82) is 0 Å². The van der Waals surface area contributed by atoms with Gasteiger partial charge in [0.2, 0.25) is 11.8 Å². The van der Waals surface area contributed by atoms with E-state index >= 15 is 0 Å². The van der Waals surface area contributed by atoms with E-state index in [1.807, 2.05) is 13.8 Å². The smallest absolute Gasteiger partial charge is 0.264 e. The Morgan fingerprint density at radius 2 is 1.61 bits per heavy atom. The van der Waals surface area contributed by atoms with Crippen LogP contribution in [0.5, 0.6) is 5.75 Å². The fourth-order valence-electron chi connectivity index (χ4n) is 4.03. The van der Waals surface area contributed by atoms with Crippen LogP contribution < -0.4 is 14.4 Å². The maximum atomic E-state index is 14.7. The molecule has 1 atom stereocenters. The third-order valence-electron chi connectivity index (χ3n) is 6.26. The zero-order valence-corrected chi connectivity index (χ0v) is 25.1. The van der Waals surface area contributed by atoms with Gasteiger partial charge in [-0.25, -0.2) is 12.8 Å². The molecule has 220 valence electrons. The molecule has 0 aromatic heterocycles. The van der Waals surface area contributed by atoms with Crippen molar-refractivity contribution in [2.24, 2.45) is 5.92 Å². The molecule has 0 bridgehead atoms. The molecule has 0 radical (unpaired) electrons. The largest absolute Gasteiger partial charge is 0.492 e. The molecule has 0 saturated carbocycles. The van der Waals surface area contributed by atoms with E-state index in [0.29, 0.717) is 11.6 Å². The number of hydrogen-bond acceptors (Lipinski definition) is 5. The number of sulfonamides is 1. The van der Waals surface area contributed by atoms with Crippen molar-refractivity contribution in [2.45, 2.75) is 45.2 Å². The minimum atomic E-state index is -4.32. The molecule has 0 spiro atoms. The fourth-order valence-corrected chi connectivity index (χ4v) is 5.58. The van der Waals surface area contributed by atoms with Crippen LogP contribution in [-0.2, 0) is 26.2 Å².